The number of rotatable bonds is 6. The van der Waals surface area contributed by atoms with Gasteiger partial charge in [-0.2, -0.15) is 0 Å². The maximum Gasteiger partial charge on any atom is 0.252 e. The monoisotopic (exact) mass is 388 g/mol. The Balaban J connectivity index is 1.26. The average Bonchev–Trinajstić information content (AvgIpc) is 2.60. The number of hydrogen-bond acceptors (Lipinski definition) is 2. The fourth-order valence-corrected chi connectivity index (χ4v) is 6.43. The lowest BCUT2D eigenvalue weighted by Crippen LogP contribution is -2.56. The molecule has 2 N–H and O–H groups in total. The molecular weight excluding hydrogens is 360 g/mol. The van der Waals surface area contributed by atoms with Gasteiger partial charge in [0, 0.05) is 19.0 Å². The molecule has 0 radical (unpaired) electrons. The van der Waals surface area contributed by atoms with Crippen molar-refractivity contribution >= 4 is 23.4 Å². The van der Waals surface area contributed by atoms with Crippen molar-refractivity contribution in [3.63, 3.8) is 0 Å². The first-order valence-electron chi connectivity index (χ1n) is 10.3. The molecule has 5 rings (SSSR count). The van der Waals surface area contributed by atoms with Gasteiger partial charge in [0.2, 0.25) is 5.91 Å². The molecule has 2 amide bonds. The first-order valence-corrected chi connectivity index (χ1v) is 10.6. The van der Waals surface area contributed by atoms with Gasteiger partial charge in [0.15, 0.2) is 0 Å². The van der Waals surface area contributed by atoms with Crippen LogP contribution in [0.2, 0.25) is 5.02 Å². The summed E-state index contributed by atoms with van der Waals surface area (Å²) >= 11 is 6.04. The molecule has 4 nitrogen and oxygen atoms in total. The molecule has 1 atom stereocenters. The second-order valence-electron chi connectivity index (χ2n) is 9.05. The predicted molar refractivity (Wildman–Crippen MR) is 107 cm³/mol. The van der Waals surface area contributed by atoms with Gasteiger partial charge in [-0.25, -0.2) is 0 Å². The number of hydrogen-bond donors (Lipinski definition) is 2. The number of nitrogens with one attached hydrogen (secondary N) is 2. The highest BCUT2D eigenvalue weighted by Crippen LogP contribution is 2.61. The van der Waals surface area contributed by atoms with Gasteiger partial charge in [0.05, 0.1) is 10.6 Å². The summed E-state index contributed by atoms with van der Waals surface area (Å²) in [7, 11) is 0. The van der Waals surface area contributed by atoms with E-state index in [9.17, 15) is 9.59 Å². The summed E-state index contributed by atoms with van der Waals surface area (Å²) in [5.41, 5.74) is 0.757. The Morgan fingerprint density at radius 1 is 1.11 bits per heavy atom. The predicted octanol–water partition coefficient (Wildman–Crippen LogP) is 4.18. The Bertz CT molecular complexity index is 697. The van der Waals surface area contributed by atoms with E-state index in [0.717, 1.165) is 17.8 Å². The standard InChI is InChI=1S/C22H29ClN2O2/c1-14(22-11-15-8-16(12-22)10-17(9-15)13-22)25-20(26)6-7-24-21(27)18-4-2-3-5-19(18)23/h2-5,14-17H,6-13H2,1H3,(H,24,27)(H,25,26)/t14-,15?,16?,17?,22?/m0/s1. The quantitative estimate of drug-likeness (QED) is 0.767. The molecule has 1 aromatic carbocycles. The summed E-state index contributed by atoms with van der Waals surface area (Å²) in [5, 5.41) is 6.47. The van der Waals surface area contributed by atoms with E-state index in [1.165, 1.54) is 38.5 Å². The van der Waals surface area contributed by atoms with Crippen LogP contribution >= 0.6 is 11.6 Å². The second kappa shape index (κ2) is 7.46. The Hall–Kier alpha value is -1.55. The first kappa shape index (κ1) is 18.8. The van der Waals surface area contributed by atoms with Gasteiger partial charge < -0.3 is 10.6 Å². The molecule has 0 saturated heterocycles. The summed E-state index contributed by atoms with van der Waals surface area (Å²) in [6.45, 7) is 2.51. The number of amides is 2. The van der Waals surface area contributed by atoms with Gasteiger partial charge >= 0.3 is 0 Å². The lowest BCUT2D eigenvalue weighted by Gasteiger charge is -2.59. The molecule has 4 aliphatic carbocycles. The van der Waals surface area contributed by atoms with Crippen LogP contribution in [-0.4, -0.2) is 24.4 Å². The Morgan fingerprint density at radius 2 is 1.70 bits per heavy atom. The van der Waals surface area contributed by atoms with Crippen LogP contribution in [0, 0.1) is 23.2 Å². The van der Waals surface area contributed by atoms with E-state index in [-0.39, 0.29) is 17.9 Å². The first-order chi connectivity index (χ1) is 12.9. The SMILES string of the molecule is C[C@H](NC(=O)CCNC(=O)c1ccccc1Cl)C12CC3CC(CC(C3)C1)C2. The molecule has 4 saturated carbocycles. The van der Waals surface area contributed by atoms with Crippen molar-refractivity contribution in [2.45, 2.75) is 57.9 Å². The van der Waals surface area contributed by atoms with Crippen molar-refractivity contribution in [1.29, 1.82) is 0 Å². The molecular formula is C22H29ClN2O2. The molecule has 0 unspecified atom stereocenters. The zero-order valence-corrected chi connectivity index (χ0v) is 16.7. The van der Waals surface area contributed by atoms with E-state index >= 15 is 0 Å². The van der Waals surface area contributed by atoms with E-state index < -0.39 is 0 Å². The van der Waals surface area contributed by atoms with Crippen LogP contribution in [0.4, 0.5) is 0 Å². The molecule has 5 heteroatoms. The van der Waals surface area contributed by atoms with E-state index in [0.29, 0.717) is 29.0 Å². The summed E-state index contributed by atoms with van der Waals surface area (Å²) in [4.78, 5) is 24.6. The van der Waals surface area contributed by atoms with Gasteiger partial charge in [-0.05, 0) is 80.8 Å². The Labute approximate surface area is 166 Å². The minimum atomic E-state index is -0.234. The molecule has 0 heterocycles. The molecule has 1 aromatic rings. The molecule has 0 spiro atoms. The van der Waals surface area contributed by atoms with Gasteiger partial charge in [-0.1, -0.05) is 23.7 Å². The van der Waals surface area contributed by atoms with E-state index in [4.69, 9.17) is 11.6 Å². The van der Waals surface area contributed by atoms with Crippen LogP contribution in [0.25, 0.3) is 0 Å². The van der Waals surface area contributed by atoms with Crippen molar-refractivity contribution < 1.29 is 9.59 Å². The topological polar surface area (TPSA) is 58.2 Å². The molecule has 146 valence electrons. The van der Waals surface area contributed by atoms with Crippen molar-refractivity contribution in [2.75, 3.05) is 6.54 Å². The Kier molecular flexibility index (Phi) is 5.19. The highest BCUT2D eigenvalue weighted by Gasteiger charge is 2.53. The van der Waals surface area contributed by atoms with Crippen LogP contribution in [-0.2, 0) is 4.79 Å². The van der Waals surface area contributed by atoms with Crippen LogP contribution in [0.5, 0.6) is 0 Å². The summed E-state index contributed by atoms with van der Waals surface area (Å²) in [6, 6.07) is 7.17. The molecule has 0 aromatic heterocycles. The third-order valence-corrected chi connectivity index (χ3v) is 7.47. The maximum absolute atomic E-state index is 12.4. The molecule has 4 fully saturated rings. The zero-order chi connectivity index (χ0) is 19.0. The average molecular weight is 389 g/mol. The highest BCUT2D eigenvalue weighted by atomic mass is 35.5. The molecule has 4 bridgehead atoms. The summed E-state index contributed by atoms with van der Waals surface area (Å²) in [5.74, 6) is 2.43. The number of carbonyl (C=O) groups is 2. The van der Waals surface area contributed by atoms with Gasteiger partial charge in [0.1, 0.15) is 0 Å². The van der Waals surface area contributed by atoms with Crippen LogP contribution < -0.4 is 10.6 Å². The smallest absolute Gasteiger partial charge is 0.252 e. The molecule has 0 aliphatic heterocycles. The van der Waals surface area contributed by atoms with Crippen molar-refractivity contribution in [3.05, 3.63) is 34.9 Å². The van der Waals surface area contributed by atoms with Crippen molar-refractivity contribution in [2.24, 2.45) is 23.2 Å². The number of carbonyl (C=O) groups excluding carboxylic acids is 2. The van der Waals surface area contributed by atoms with Crippen LogP contribution in [0.15, 0.2) is 24.3 Å². The van der Waals surface area contributed by atoms with E-state index in [2.05, 4.69) is 17.6 Å². The lowest BCUT2D eigenvalue weighted by molar-refractivity contribution is -0.125. The zero-order valence-electron chi connectivity index (χ0n) is 16.0. The normalized spacial score (nSPS) is 32.1. The minimum absolute atomic E-state index is 0.0257. The lowest BCUT2D eigenvalue weighted by atomic mass is 9.48. The van der Waals surface area contributed by atoms with Gasteiger partial charge in [-0.3, -0.25) is 9.59 Å². The number of halogens is 1. The number of benzene rings is 1. The van der Waals surface area contributed by atoms with Crippen LogP contribution in [0.3, 0.4) is 0 Å². The fraction of sp³-hybridized carbons (Fsp3) is 0.636. The fourth-order valence-electron chi connectivity index (χ4n) is 6.20. The Morgan fingerprint density at radius 3 is 2.30 bits per heavy atom. The van der Waals surface area contributed by atoms with Gasteiger partial charge in [-0.15, -0.1) is 0 Å². The van der Waals surface area contributed by atoms with Crippen molar-refractivity contribution in [3.8, 4) is 0 Å². The van der Waals surface area contributed by atoms with Crippen molar-refractivity contribution in [1.82, 2.24) is 10.6 Å². The highest BCUT2D eigenvalue weighted by molar-refractivity contribution is 6.33. The third kappa shape index (κ3) is 3.87. The summed E-state index contributed by atoms with van der Waals surface area (Å²) < 4.78 is 0. The minimum Gasteiger partial charge on any atom is -0.353 e. The van der Waals surface area contributed by atoms with Gasteiger partial charge in [0.25, 0.3) is 5.91 Å². The molecule has 27 heavy (non-hydrogen) atoms. The largest absolute Gasteiger partial charge is 0.353 e. The second-order valence-corrected chi connectivity index (χ2v) is 9.46. The van der Waals surface area contributed by atoms with E-state index in [1.807, 2.05) is 0 Å². The third-order valence-electron chi connectivity index (χ3n) is 7.14. The van der Waals surface area contributed by atoms with E-state index in [1.54, 1.807) is 24.3 Å². The summed E-state index contributed by atoms with van der Waals surface area (Å²) in [6.07, 6.45) is 8.37. The van der Waals surface area contributed by atoms with Crippen LogP contribution in [0.1, 0.15) is 62.2 Å². The molecule has 4 aliphatic rings. The maximum atomic E-state index is 12.4.